The molecule has 0 saturated carbocycles. The molecule has 0 saturated heterocycles. The normalized spacial score (nSPS) is 10.7. The van der Waals surface area contributed by atoms with Crippen molar-refractivity contribution in [3.63, 3.8) is 0 Å². The molecule has 2 aromatic rings. The topological polar surface area (TPSA) is 67.5 Å². The monoisotopic (exact) mass is 205 g/mol. The Kier molecular flexibility index (Phi) is 2.62. The number of aryl methyl sites for hydroxylation is 1. The molecule has 0 aliphatic carbocycles. The second-order valence-electron chi connectivity index (χ2n) is 3.31. The predicted octanol–water partition coefficient (Wildman–Crippen LogP) is 1.14. The van der Waals surface area contributed by atoms with E-state index in [1.165, 1.54) is 0 Å². The highest BCUT2D eigenvalue weighted by atomic mass is 16.4. The summed E-state index contributed by atoms with van der Waals surface area (Å²) in [5.74, 6) is -0.111. The van der Waals surface area contributed by atoms with Gasteiger partial charge in [0.1, 0.15) is 0 Å². The standard InChI is InChI=1S/C10H11N3O2/c14-9(15)4-1-3-8-7-13-6-2-5-11-10(13)12-8/h2,5-7H,1,3-4H2,(H,14,15). The van der Waals surface area contributed by atoms with Crippen LogP contribution in [0.5, 0.6) is 0 Å². The fourth-order valence-corrected chi connectivity index (χ4v) is 1.42. The van der Waals surface area contributed by atoms with Crippen LogP contribution in [0.1, 0.15) is 18.5 Å². The smallest absolute Gasteiger partial charge is 0.303 e. The Morgan fingerprint density at radius 1 is 1.53 bits per heavy atom. The number of aliphatic carboxylic acids is 1. The molecule has 0 atom stereocenters. The Balaban J connectivity index is 2.05. The maximum atomic E-state index is 10.3. The van der Waals surface area contributed by atoms with Crippen LogP contribution in [0.3, 0.4) is 0 Å². The molecule has 0 bridgehead atoms. The number of hydrogen-bond acceptors (Lipinski definition) is 3. The minimum atomic E-state index is -0.767. The van der Waals surface area contributed by atoms with Crippen molar-refractivity contribution in [2.45, 2.75) is 19.3 Å². The van der Waals surface area contributed by atoms with E-state index < -0.39 is 5.97 Å². The summed E-state index contributed by atoms with van der Waals surface area (Å²) in [5, 5.41) is 8.49. The molecule has 0 amide bonds. The number of aromatic nitrogens is 3. The number of imidazole rings is 1. The van der Waals surface area contributed by atoms with Gasteiger partial charge in [0.2, 0.25) is 5.78 Å². The molecule has 0 radical (unpaired) electrons. The summed E-state index contributed by atoms with van der Waals surface area (Å²) in [7, 11) is 0. The van der Waals surface area contributed by atoms with Crippen LogP contribution < -0.4 is 0 Å². The van der Waals surface area contributed by atoms with Crippen LogP contribution in [0.15, 0.2) is 24.7 Å². The van der Waals surface area contributed by atoms with Crippen LogP contribution in [0.25, 0.3) is 5.78 Å². The minimum absolute atomic E-state index is 0.182. The quantitative estimate of drug-likeness (QED) is 0.812. The highest BCUT2D eigenvalue weighted by Crippen LogP contribution is 2.05. The lowest BCUT2D eigenvalue weighted by Crippen LogP contribution is -1.95. The largest absolute Gasteiger partial charge is 0.481 e. The summed E-state index contributed by atoms with van der Waals surface area (Å²) < 4.78 is 1.83. The number of rotatable bonds is 4. The fourth-order valence-electron chi connectivity index (χ4n) is 1.42. The lowest BCUT2D eigenvalue weighted by molar-refractivity contribution is -0.137. The summed E-state index contributed by atoms with van der Waals surface area (Å²) in [6, 6.07) is 1.83. The van der Waals surface area contributed by atoms with Crippen molar-refractivity contribution in [1.82, 2.24) is 14.4 Å². The number of carboxylic acids is 1. The zero-order valence-electron chi connectivity index (χ0n) is 8.13. The predicted molar refractivity (Wildman–Crippen MR) is 53.6 cm³/mol. The molecule has 0 spiro atoms. The zero-order chi connectivity index (χ0) is 10.7. The molecule has 2 heterocycles. The molecule has 2 aromatic heterocycles. The SMILES string of the molecule is O=C(O)CCCc1cn2cccnc2n1. The average Bonchev–Trinajstić information content (AvgIpc) is 2.59. The molecule has 5 nitrogen and oxygen atoms in total. The lowest BCUT2D eigenvalue weighted by Gasteiger charge is -1.91. The number of hydrogen-bond donors (Lipinski definition) is 1. The maximum absolute atomic E-state index is 10.3. The van der Waals surface area contributed by atoms with Crippen molar-refractivity contribution >= 4 is 11.7 Å². The molecule has 0 aliphatic heterocycles. The van der Waals surface area contributed by atoms with Gasteiger partial charge in [-0.15, -0.1) is 0 Å². The highest BCUT2D eigenvalue weighted by Gasteiger charge is 2.03. The Hall–Kier alpha value is -1.91. The van der Waals surface area contributed by atoms with E-state index in [1.54, 1.807) is 6.20 Å². The van der Waals surface area contributed by atoms with E-state index in [4.69, 9.17) is 5.11 Å². The van der Waals surface area contributed by atoms with Gasteiger partial charge in [0.25, 0.3) is 0 Å². The molecule has 78 valence electrons. The Morgan fingerprint density at radius 2 is 2.40 bits per heavy atom. The van der Waals surface area contributed by atoms with Gasteiger partial charge in [-0.1, -0.05) is 0 Å². The molecule has 5 heteroatoms. The third-order valence-electron chi connectivity index (χ3n) is 2.11. The van der Waals surface area contributed by atoms with Gasteiger partial charge in [-0.25, -0.2) is 9.97 Å². The van der Waals surface area contributed by atoms with Gasteiger partial charge in [0, 0.05) is 25.0 Å². The first kappa shape index (κ1) is 9.64. The lowest BCUT2D eigenvalue weighted by atomic mass is 10.2. The summed E-state index contributed by atoms with van der Waals surface area (Å²) in [6.07, 6.45) is 6.90. The van der Waals surface area contributed by atoms with Crippen molar-refractivity contribution < 1.29 is 9.90 Å². The van der Waals surface area contributed by atoms with E-state index in [0.717, 1.165) is 5.69 Å². The van der Waals surface area contributed by atoms with Crippen molar-refractivity contribution in [2.75, 3.05) is 0 Å². The molecule has 0 fully saturated rings. The van der Waals surface area contributed by atoms with Crippen molar-refractivity contribution in [3.8, 4) is 0 Å². The Morgan fingerprint density at radius 3 is 3.13 bits per heavy atom. The van der Waals surface area contributed by atoms with Crippen molar-refractivity contribution in [1.29, 1.82) is 0 Å². The number of carbonyl (C=O) groups is 1. The van der Waals surface area contributed by atoms with Gasteiger partial charge in [0.15, 0.2) is 0 Å². The first-order valence-corrected chi connectivity index (χ1v) is 4.76. The first-order chi connectivity index (χ1) is 7.25. The molecule has 0 aromatic carbocycles. The average molecular weight is 205 g/mol. The summed E-state index contributed by atoms with van der Waals surface area (Å²) in [6.45, 7) is 0. The van der Waals surface area contributed by atoms with Crippen LogP contribution in [-0.2, 0) is 11.2 Å². The molecule has 15 heavy (non-hydrogen) atoms. The van der Waals surface area contributed by atoms with Crippen LogP contribution in [-0.4, -0.2) is 25.4 Å². The van der Waals surface area contributed by atoms with Gasteiger partial charge in [-0.05, 0) is 18.9 Å². The minimum Gasteiger partial charge on any atom is -0.481 e. The highest BCUT2D eigenvalue weighted by molar-refractivity contribution is 5.66. The fraction of sp³-hybridized carbons (Fsp3) is 0.300. The van der Waals surface area contributed by atoms with Gasteiger partial charge < -0.3 is 5.11 Å². The van der Waals surface area contributed by atoms with Crippen LogP contribution in [0.4, 0.5) is 0 Å². The van der Waals surface area contributed by atoms with E-state index in [9.17, 15) is 4.79 Å². The molecule has 0 unspecified atom stereocenters. The van der Waals surface area contributed by atoms with Crippen LogP contribution >= 0.6 is 0 Å². The summed E-state index contributed by atoms with van der Waals surface area (Å²) >= 11 is 0. The van der Waals surface area contributed by atoms with E-state index >= 15 is 0 Å². The van der Waals surface area contributed by atoms with Gasteiger partial charge in [-0.3, -0.25) is 9.20 Å². The molecular formula is C10H11N3O2. The molecule has 1 N–H and O–H groups in total. The van der Waals surface area contributed by atoms with E-state index in [-0.39, 0.29) is 6.42 Å². The Bertz CT molecular complexity index is 445. The summed E-state index contributed by atoms with van der Waals surface area (Å²) in [4.78, 5) is 18.7. The van der Waals surface area contributed by atoms with Gasteiger partial charge >= 0.3 is 5.97 Å². The molecular weight excluding hydrogens is 194 g/mol. The molecule has 0 aliphatic rings. The third-order valence-corrected chi connectivity index (χ3v) is 2.11. The van der Waals surface area contributed by atoms with E-state index in [1.807, 2.05) is 22.9 Å². The van der Waals surface area contributed by atoms with E-state index in [2.05, 4.69) is 9.97 Å². The second kappa shape index (κ2) is 4.08. The van der Waals surface area contributed by atoms with Crippen LogP contribution in [0, 0.1) is 0 Å². The maximum Gasteiger partial charge on any atom is 0.303 e. The Labute approximate surface area is 86.4 Å². The first-order valence-electron chi connectivity index (χ1n) is 4.76. The van der Waals surface area contributed by atoms with E-state index in [0.29, 0.717) is 18.6 Å². The summed E-state index contributed by atoms with van der Waals surface area (Å²) in [5.41, 5.74) is 0.884. The van der Waals surface area contributed by atoms with Crippen molar-refractivity contribution in [2.24, 2.45) is 0 Å². The van der Waals surface area contributed by atoms with Gasteiger partial charge in [-0.2, -0.15) is 0 Å². The number of fused-ring (bicyclic) bond motifs is 1. The molecule has 2 rings (SSSR count). The van der Waals surface area contributed by atoms with Crippen molar-refractivity contribution in [3.05, 3.63) is 30.4 Å². The van der Waals surface area contributed by atoms with Gasteiger partial charge in [0.05, 0.1) is 5.69 Å². The number of carboxylic acid groups (broad SMARTS) is 1. The van der Waals surface area contributed by atoms with Crippen LogP contribution in [0.2, 0.25) is 0 Å². The third kappa shape index (κ3) is 2.31. The number of nitrogens with zero attached hydrogens (tertiary/aromatic N) is 3. The zero-order valence-corrected chi connectivity index (χ0v) is 8.13. The second-order valence-corrected chi connectivity index (χ2v) is 3.31.